The van der Waals surface area contributed by atoms with E-state index in [4.69, 9.17) is 11.6 Å². The monoisotopic (exact) mass is 316 g/mol. The quantitative estimate of drug-likeness (QED) is 0.877. The van der Waals surface area contributed by atoms with Crippen LogP contribution in [0.15, 0.2) is 30.5 Å². The number of hydrogen-bond donors (Lipinski definition) is 1. The lowest BCUT2D eigenvalue weighted by atomic mass is 9.98. The van der Waals surface area contributed by atoms with Gasteiger partial charge in [0, 0.05) is 47.2 Å². The van der Waals surface area contributed by atoms with Crippen LogP contribution in [-0.2, 0) is 4.79 Å². The summed E-state index contributed by atoms with van der Waals surface area (Å²) in [6, 6.07) is 5.90. The molecule has 1 aromatic carbocycles. The van der Waals surface area contributed by atoms with E-state index in [0.29, 0.717) is 13.0 Å². The molecule has 2 heterocycles. The topological polar surface area (TPSA) is 36.1 Å². The van der Waals surface area contributed by atoms with Crippen molar-refractivity contribution in [1.29, 1.82) is 0 Å². The molecule has 0 saturated carbocycles. The Kier molecular flexibility index (Phi) is 4.53. The lowest BCUT2D eigenvalue weighted by Gasteiger charge is -2.26. The third kappa shape index (κ3) is 3.05. The maximum atomic E-state index is 12.1. The molecule has 1 aliphatic rings. The number of benzene rings is 1. The predicted octanol–water partition coefficient (Wildman–Crippen LogP) is 4.63. The minimum Gasteiger partial charge on any atom is -0.361 e. The van der Waals surface area contributed by atoms with Crippen molar-refractivity contribution in [2.75, 3.05) is 13.1 Å². The summed E-state index contributed by atoms with van der Waals surface area (Å²) >= 11 is 6.11. The second-order valence-corrected chi connectivity index (χ2v) is 6.25. The van der Waals surface area contributed by atoms with E-state index in [1.165, 1.54) is 11.1 Å². The van der Waals surface area contributed by atoms with Gasteiger partial charge in [-0.15, -0.1) is 0 Å². The number of halogens is 1. The van der Waals surface area contributed by atoms with Gasteiger partial charge in [-0.25, -0.2) is 0 Å². The molecule has 116 valence electrons. The number of nitrogens with zero attached hydrogens (tertiary/aromatic N) is 1. The average Bonchev–Trinajstić information content (AvgIpc) is 2.95. The van der Waals surface area contributed by atoms with Crippen LogP contribution in [0.5, 0.6) is 0 Å². The zero-order chi connectivity index (χ0) is 15.5. The number of amides is 1. The van der Waals surface area contributed by atoms with Crippen LogP contribution in [0.1, 0.15) is 38.2 Å². The van der Waals surface area contributed by atoms with Crippen molar-refractivity contribution >= 4 is 34.0 Å². The minimum absolute atomic E-state index is 0.277. The summed E-state index contributed by atoms with van der Waals surface area (Å²) in [6.07, 6.45) is 7.83. The maximum Gasteiger partial charge on any atom is 0.222 e. The van der Waals surface area contributed by atoms with Gasteiger partial charge in [0.2, 0.25) is 5.91 Å². The lowest BCUT2D eigenvalue weighted by Crippen LogP contribution is -2.34. The molecule has 0 aliphatic carbocycles. The molecule has 2 aromatic rings. The van der Waals surface area contributed by atoms with Crippen molar-refractivity contribution in [2.24, 2.45) is 0 Å². The molecule has 0 spiro atoms. The zero-order valence-corrected chi connectivity index (χ0v) is 13.6. The Morgan fingerprint density at radius 1 is 1.41 bits per heavy atom. The van der Waals surface area contributed by atoms with Crippen LogP contribution in [0.3, 0.4) is 0 Å². The van der Waals surface area contributed by atoms with E-state index in [0.717, 1.165) is 41.7 Å². The normalized spacial score (nSPS) is 15.2. The Morgan fingerprint density at radius 3 is 3.00 bits per heavy atom. The molecule has 3 nitrogen and oxygen atoms in total. The summed E-state index contributed by atoms with van der Waals surface area (Å²) in [7, 11) is 0. The molecular formula is C18H21ClN2O. The highest BCUT2D eigenvalue weighted by Crippen LogP contribution is 2.31. The van der Waals surface area contributed by atoms with E-state index in [-0.39, 0.29) is 5.91 Å². The minimum atomic E-state index is 0.277. The number of nitrogens with one attached hydrogen (secondary N) is 1. The average molecular weight is 317 g/mol. The Hall–Kier alpha value is -1.74. The van der Waals surface area contributed by atoms with Crippen molar-refractivity contribution in [1.82, 2.24) is 9.88 Å². The highest BCUT2D eigenvalue weighted by Gasteiger charge is 2.18. The fourth-order valence-corrected chi connectivity index (χ4v) is 3.16. The summed E-state index contributed by atoms with van der Waals surface area (Å²) in [5.74, 6) is 0.277. The first-order valence-corrected chi connectivity index (χ1v) is 8.30. The predicted molar refractivity (Wildman–Crippen MR) is 92.0 cm³/mol. The molecule has 22 heavy (non-hydrogen) atoms. The molecule has 0 unspecified atom stereocenters. The Balaban J connectivity index is 1.77. The van der Waals surface area contributed by atoms with Crippen LogP contribution >= 0.6 is 11.6 Å². The van der Waals surface area contributed by atoms with E-state index in [1.54, 1.807) is 0 Å². The highest BCUT2D eigenvalue weighted by atomic mass is 35.5. The van der Waals surface area contributed by atoms with Gasteiger partial charge in [0.05, 0.1) is 0 Å². The molecule has 1 aromatic heterocycles. The number of carbonyl (C=O) groups excluding carboxylic acids is 1. The van der Waals surface area contributed by atoms with Gasteiger partial charge < -0.3 is 9.88 Å². The fraction of sp³-hybridized carbons (Fsp3) is 0.389. The SMILES string of the molecule is CCCCC(=O)N1CC=C(c2c[nH]c3ccc(Cl)cc23)CC1. The number of carbonyl (C=O) groups is 1. The lowest BCUT2D eigenvalue weighted by molar-refractivity contribution is -0.130. The Labute approximate surface area is 136 Å². The van der Waals surface area contributed by atoms with Crippen LogP contribution in [0.4, 0.5) is 0 Å². The van der Waals surface area contributed by atoms with E-state index in [2.05, 4.69) is 18.0 Å². The van der Waals surface area contributed by atoms with Crippen LogP contribution in [0.2, 0.25) is 5.02 Å². The van der Waals surface area contributed by atoms with E-state index >= 15 is 0 Å². The number of aromatic nitrogens is 1. The molecule has 1 aliphatic heterocycles. The van der Waals surface area contributed by atoms with E-state index < -0.39 is 0 Å². The third-order valence-corrected chi connectivity index (χ3v) is 4.53. The molecular weight excluding hydrogens is 296 g/mol. The summed E-state index contributed by atoms with van der Waals surface area (Å²) in [5.41, 5.74) is 3.60. The number of rotatable bonds is 4. The van der Waals surface area contributed by atoms with Gasteiger partial charge in [0.25, 0.3) is 0 Å². The molecule has 0 bridgehead atoms. The van der Waals surface area contributed by atoms with Gasteiger partial charge in [-0.05, 0) is 36.6 Å². The molecule has 0 saturated heterocycles. The standard InChI is InChI=1S/C18H21ClN2O/c1-2-3-4-18(22)21-9-7-13(8-10-21)16-12-20-17-6-5-14(19)11-15(16)17/h5-7,11-12,20H,2-4,8-10H2,1H3. The van der Waals surface area contributed by atoms with Crippen LogP contribution in [0.25, 0.3) is 16.5 Å². The molecule has 1 N–H and O–H groups in total. The van der Waals surface area contributed by atoms with Gasteiger partial charge in [0.1, 0.15) is 0 Å². The van der Waals surface area contributed by atoms with Crippen molar-refractivity contribution in [3.8, 4) is 0 Å². The molecule has 1 amide bonds. The van der Waals surface area contributed by atoms with Gasteiger partial charge >= 0.3 is 0 Å². The maximum absolute atomic E-state index is 12.1. The van der Waals surface area contributed by atoms with E-state index in [1.807, 2.05) is 29.3 Å². The Morgan fingerprint density at radius 2 is 2.27 bits per heavy atom. The second-order valence-electron chi connectivity index (χ2n) is 5.81. The molecule has 0 atom stereocenters. The van der Waals surface area contributed by atoms with Crippen LogP contribution in [0, 0.1) is 0 Å². The highest BCUT2D eigenvalue weighted by molar-refractivity contribution is 6.31. The molecule has 0 fully saturated rings. The van der Waals surface area contributed by atoms with Gasteiger partial charge in [0.15, 0.2) is 0 Å². The van der Waals surface area contributed by atoms with Gasteiger partial charge in [-0.1, -0.05) is 31.0 Å². The van der Waals surface area contributed by atoms with Gasteiger partial charge in [-0.2, -0.15) is 0 Å². The first kappa shape index (κ1) is 15.2. The van der Waals surface area contributed by atoms with Crippen molar-refractivity contribution < 1.29 is 4.79 Å². The molecule has 3 rings (SSSR count). The number of H-pyrrole nitrogens is 1. The smallest absolute Gasteiger partial charge is 0.222 e. The van der Waals surface area contributed by atoms with Crippen molar-refractivity contribution in [3.63, 3.8) is 0 Å². The third-order valence-electron chi connectivity index (χ3n) is 4.30. The zero-order valence-electron chi connectivity index (χ0n) is 12.9. The number of fused-ring (bicyclic) bond motifs is 1. The molecule has 0 radical (unpaired) electrons. The number of unbranched alkanes of at least 4 members (excludes halogenated alkanes) is 1. The first-order chi connectivity index (χ1) is 10.7. The largest absolute Gasteiger partial charge is 0.361 e. The summed E-state index contributed by atoms with van der Waals surface area (Å²) in [5, 5.41) is 1.91. The summed E-state index contributed by atoms with van der Waals surface area (Å²) in [6.45, 7) is 3.64. The number of hydrogen-bond acceptors (Lipinski definition) is 1. The van der Waals surface area contributed by atoms with Gasteiger partial charge in [-0.3, -0.25) is 4.79 Å². The second kappa shape index (κ2) is 6.57. The van der Waals surface area contributed by atoms with Crippen molar-refractivity contribution in [2.45, 2.75) is 32.6 Å². The summed E-state index contributed by atoms with van der Waals surface area (Å²) < 4.78 is 0. The molecule has 4 heteroatoms. The van der Waals surface area contributed by atoms with Crippen LogP contribution < -0.4 is 0 Å². The number of aromatic amines is 1. The van der Waals surface area contributed by atoms with Crippen molar-refractivity contribution in [3.05, 3.63) is 41.1 Å². The van der Waals surface area contributed by atoms with Crippen LogP contribution in [-0.4, -0.2) is 28.9 Å². The fourth-order valence-electron chi connectivity index (χ4n) is 2.98. The first-order valence-electron chi connectivity index (χ1n) is 7.93. The summed E-state index contributed by atoms with van der Waals surface area (Å²) in [4.78, 5) is 17.3. The van der Waals surface area contributed by atoms with E-state index in [9.17, 15) is 4.79 Å². The Bertz CT molecular complexity index is 717.